The molecule has 0 fully saturated rings. The maximum atomic E-state index is 12.0. The average molecular weight is 284 g/mol. The van der Waals surface area contributed by atoms with Crippen LogP contribution in [-0.2, 0) is 0 Å². The molecule has 6 heteroatoms. The highest BCUT2D eigenvalue weighted by Gasteiger charge is 2.09. The monoisotopic (exact) mass is 284 g/mol. The van der Waals surface area contributed by atoms with Crippen molar-refractivity contribution in [3.63, 3.8) is 0 Å². The maximum Gasteiger partial charge on any atom is 0.335 e. The van der Waals surface area contributed by atoms with Gasteiger partial charge in [0.1, 0.15) is 0 Å². The van der Waals surface area contributed by atoms with Crippen LogP contribution in [0.3, 0.4) is 0 Å². The largest absolute Gasteiger partial charge is 0.478 e. The Kier molecular flexibility index (Phi) is 3.99. The standard InChI is InChI=1S/C15H12N2O4/c16-13(18)11-2-1-3-12(8-11)17-14(19)9-4-6-10(7-5-9)15(20)21/h1-8H,(H2,16,18)(H,17,19)(H,20,21). The molecule has 0 unspecified atom stereocenters. The zero-order valence-electron chi connectivity index (χ0n) is 10.9. The Labute approximate surface area is 120 Å². The second-order valence-corrected chi connectivity index (χ2v) is 4.28. The lowest BCUT2D eigenvalue weighted by molar-refractivity contribution is 0.0696. The minimum absolute atomic E-state index is 0.0993. The van der Waals surface area contributed by atoms with E-state index in [1.165, 1.54) is 30.3 Å². The lowest BCUT2D eigenvalue weighted by Crippen LogP contribution is -2.14. The van der Waals surface area contributed by atoms with Crippen LogP contribution in [0.15, 0.2) is 48.5 Å². The minimum Gasteiger partial charge on any atom is -0.478 e. The van der Waals surface area contributed by atoms with Crippen molar-refractivity contribution in [3.05, 3.63) is 65.2 Å². The van der Waals surface area contributed by atoms with E-state index < -0.39 is 17.8 Å². The van der Waals surface area contributed by atoms with Crippen molar-refractivity contribution < 1.29 is 19.5 Å². The summed E-state index contributed by atoms with van der Waals surface area (Å²) in [5.74, 6) is -2.05. The number of rotatable bonds is 4. The average Bonchev–Trinajstić information content (AvgIpc) is 2.47. The summed E-state index contributed by atoms with van der Waals surface area (Å²) >= 11 is 0. The van der Waals surface area contributed by atoms with Crippen molar-refractivity contribution in [1.82, 2.24) is 0 Å². The third kappa shape index (κ3) is 3.44. The van der Waals surface area contributed by atoms with Crippen LogP contribution in [0.5, 0.6) is 0 Å². The molecule has 6 nitrogen and oxygen atoms in total. The topological polar surface area (TPSA) is 109 Å². The van der Waals surface area contributed by atoms with Gasteiger partial charge < -0.3 is 16.2 Å². The zero-order chi connectivity index (χ0) is 15.4. The Morgan fingerprint density at radius 1 is 0.905 bits per heavy atom. The third-order valence-electron chi connectivity index (χ3n) is 2.80. The molecular weight excluding hydrogens is 272 g/mol. The molecule has 0 spiro atoms. The van der Waals surface area contributed by atoms with Gasteiger partial charge in [0.25, 0.3) is 5.91 Å². The molecule has 0 bridgehead atoms. The molecule has 2 aromatic carbocycles. The molecule has 0 atom stereocenters. The van der Waals surface area contributed by atoms with Crippen LogP contribution in [0.1, 0.15) is 31.1 Å². The van der Waals surface area contributed by atoms with Gasteiger partial charge in [-0.15, -0.1) is 0 Å². The highest BCUT2D eigenvalue weighted by atomic mass is 16.4. The number of nitrogens with one attached hydrogen (secondary N) is 1. The first-order valence-corrected chi connectivity index (χ1v) is 6.02. The number of hydrogen-bond donors (Lipinski definition) is 3. The van der Waals surface area contributed by atoms with E-state index >= 15 is 0 Å². The Balaban J connectivity index is 2.16. The summed E-state index contributed by atoms with van der Waals surface area (Å²) < 4.78 is 0. The summed E-state index contributed by atoms with van der Waals surface area (Å²) in [6.07, 6.45) is 0. The SMILES string of the molecule is NC(=O)c1cccc(NC(=O)c2ccc(C(=O)O)cc2)c1. The summed E-state index contributed by atoms with van der Waals surface area (Å²) in [5.41, 5.74) is 6.29. The van der Waals surface area contributed by atoms with Gasteiger partial charge in [-0.3, -0.25) is 9.59 Å². The number of hydrogen-bond acceptors (Lipinski definition) is 3. The van der Waals surface area contributed by atoms with Crippen molar-refractivity contribution in [1.29, 1.82) is 0 Å². The lowest BCUT2D eigenvalue weighted by atomic mass is 10.1. The third-order valence-corrected chi connectivity index (χ3v) is 2.80. The van der Waals surface area contributed by atoms with E-state index in [-0.39, 0.29) is 11.1 Å². The van der Waals surface area contributed by atoms with Gasteiger partial charge in [0.05, 0.1) is 5.56 Å². The van der Waals surface area contributed by atoms with Crippen molar-refractivity contribution in [2.24, 2.45) is 5.73 Å². The van der Waals surface area contributed by atoms with E-state index in [0.29, 0.717) is 11.3 Å². The molecule has 0 radical (unpaired) electrons. The molecule has 106 valence electrons. The zero-order valence-corrected chi connectivity index (χ0v) is 10.9. The van der Waals surface area contributed by atoms with Gasteiger partial charge in [0, 0.05) is 16.8 Å². The number of carbonyl (C=O) groups excluding carboxylic acids is 2. The molecule has 0 aromatic heterocycles. The number of carboxylic acids is 1. The van der Waals surface area contributed by atoms with E-state index in [1.54, 1.807) is 18.2 Å². The van der Waals surface area contributed by atoms with Crippen molar-refractivity contribution in [2.75, 3.05) is 5.32 Å². The van der Waals surface area contributed by atoms with Gasteiger partial charge in [0.2, 0.25) is 5.91 Å². The van der Waals surface area contributed by atoms with Gasteiger partial charge in [-0.1, -0.05) is 6.07 Å². The molecule has 4 N–H and O–H groups in total. The van der Waals surface area contributed by atoms with Gasteiger partial charge >= 0.3 is 5.97 Å². The molecule has 0 saturated heterocycles. The summed E-state index contributed by atoms with van der Waals surface area (Å²) in [6, 6.07) is 11.7. The highest BCUT2D eigenvalue weighted by Crippen LogP contribution is 2.12. The summed E-state index contributed by atoms with van der Waals surface area (Å²) in [7, 11) is 0. The smallest absolute Gasteiger partial charge is 0.335 e. The molecule has 0 saturated carbocycles. The number of nitrogens with two attached hydrogens (primary N) is 1. The molecule has 0 aliphatic heterocycles. The summed E-state index contributed by atoms with van der Waals surface area (Å²) in [4.78, 5) is 33.8. The van der Waals surface area contributed by atoms with Gasteiger partial charge in [-0.25, -0.2) is 4.79 Å². The van der Waals surface area contributed by atoms with Crippen LogP contribution in [0.4, 0.5) is 5.69 Å². The Morgan fingerprint density at radius 2 is 1.52 bits per heavy atom. The van der Waals surface area contributed by atoms with Crippen molar-refractivity contribution >= 4 is 23.5 Å². The second-order valence-electron chi connectivity index (χ2n) is 4.28. The fourth-order valence-corrected chi connectivity index (χ4v) is 1.72. The van der Waals surface area contributed by atoms with Gasteiger partial charge in [-0.2, -0.15) is 0 Å². The quantitative estimate of drug-likeness (QED) is 0.794. The first-order valence-electron chi connectivity index (χ1n) is 6.02. The minimum atomic E-state index is -1.06. The Hall–Kier alpha value is -3.15. The molecule has 2 rings (SSSR count). The van der Waals surface area contributed by atoms with Crippen LogP contribution in [0, 0.1) is 0 Å². The van der Waals surface area contributed by atoms with Crippen molar-refractivity contribution in [2.45, 2.75) is 0 Å². The van der Waals surface area contributed by atoms with E-state index in [4.69, 9.17) is 10.8 Å². The van der Waals surface area contributed by atoms with E-state index in [9.17, 15) is 14.4 Å². The van der Waals surface area contributed by atoms with Crippen LogP contribution in [0.2, 0.25) is 0 Å². The number of benzene rings is 2. The molecule has 21 heavy (non-hydrogen) atoms. The number of carboxylic acid groups (broad SMARTS) is 1. The number of amides is 2. The fourth-order valence-electron chi connectivity index (χ4n) is 1.72. The van der Waals surface area contributed by atoms with Crippen LogP contribution >= 0.6 is 0 Å². The van der Waals surface area contributed by atoms with E-state index in [0.717, 1.165) is 0 Å². The maximum absolute atomic E-state index is 12.0. The number of carbonyl (C=O) groups is 3. The predicted octanol–water partition coefficient (Wildman–Crippen LogP) is 1.74. The van der Waals surface area contributed by atoms with Crippen LogP contribution in [-0.4, -0.2) is 22.9 Å². The molecule has 0 heterocycles. The van der Waals surface area contributed by atoms with E-state index in [2.05, 4.69) is 5.32 Å². The highest BCUT2D eigenvalue weighted by molar-refractivity contribution is 6.05. The second kappa shape index (κ2) is 5.87. The van der Waals surface area contributed by atoms with Gasteiger partial charge in [-0.05, 0) is 42.5 Å². The summed E-state index contributed by atoms with van der Waals surface area (Å²) in [5, 5.41) is 11.4. The first-order chi connectivity index (χ1) is 9.97. The predicted molar refractivity (Wildman–Crippen MR) is 76.3 cm³/mol. The number of aromatic carboxylic acids is 1. The lowest BCUT2D eigenvalue weighted by Gasteiger charge is -2.06. The Morgan fingerprint density at radius 3 is 2.10 bits per heavy atom. The van der Waals surface area contributed by atoms with Crippen LogP contribution < -0.4 is 11.1 Å². The Bertz CT molecular complexity index is 708. The fraction of sp³-hybridized carbons (Fsp3) is 0. The molecular formula is C15H12N2O4. The molecule has 0 aliphatic carbocycles. The van der Waals surface area contributed by atoms with Gasteiger partial charge in [0.15, 0.2) is 0 Å². The molecule has 2 aromatic rings. The molecule has 2 amide bonds. The normalized spacial score (nSPS) is 9.90. The number of anilines is 1. The molecule has 0 aliphatic rings. The first kappa shape index (κ1) is 14.3. The summed E-state index contributed by atoms with van der Waals surface area (Å²) in [6.45, 7) is 0. The van der Waals surface area contributed by atoms with E-state index in [1.807, 2.05) is 0 Å². The number of primary amides is 1. The van der Waals surface area contributed by atoms with Crippen molar-refractivity contribution in [3.8, 4) is 0 Å². The van der Waals surface area contributed by atoms with Crippen LogP contribution in [0.25, 0.3) is 0 Å².